The Hall–Kier alpha value is -2.79. The van der Waals surface area contributed by atoms with Crippen molar-refractivity contribution in [2.24, 2.45) is 5.92 Å². The highest BCUT2D eigenvalue weighted by Crippen LogP contribution is 2.14. The summed E-state index contributed by atoms with van der Waals surface area (Å²) < 4.78 is 0. The van der Waals surface area contributed by atoms with Crippen LogP contribution in [0.25, 0.3) is 0 Å². The van der Waals surface area contributed by atoms with E-state index in [1.165, 1.54) is 23.9 Å². The molecule has 10 nitrogen and oxygen atoms in total. The number of rotatable bonds is 14. The topological polar surface area (TPSA) is 157 Å². The smallest absolute Gasteiger partial charge is 0.326 e. The zero-order valence-corrected chi connectivity index (χ0v) is 21.9. The van der Waals surface area contributed by atoms with Crippen LogP contribution >= 0.6 is 11.8 Å². The second kappa shape index (κ2) is 14.7. The zero-order valence-electron chi connectivity index (χ0n) is 21.1. The Morgan fingerprint density at radius 2 is 1.75 bits per heavy atom. The van der Waals surface area contributed by atoms with Gasteiger partial charge in [0.15, 0.2) is 0 Å². The summed E-state index contributed by atoms with van der Waals surface area (Å²) in [5, 5.41) is 30.4. The Bertz CT molecular complexity index is 891. The van der Waals surface area contributed by atoms with Crippen molar-refractivity contribution in [2.45, 2.75) is 70.1 Å². The Morgan fingerprint density at radius 3 is 2.31 bits per heavy atom. The average molecular weight is 523 g/mol. The lowest BCUT2D eigenvalue weighted by molar-refractivity contribution is -0.142. The molecular weight excluding hydrogens is 484 g/mol. The molecule has 1 aromatic rings. The number of carboxylic acids is 1. The fraction of sp³-hybridized carbons (Fsp3) is 0.600. The van der Waals surface area contributed by atoms with Gasteiger partial charge in [-0.1, -0.05) is 32.4 Å². The number of nitrogens with one attached hydrogen (secondary N) is 4. The molecule has 5 atom stereocenters. The van der Waals surface area contributed by atoms with Gasteiger partial charge in [-0.2, -0.15) is 11.8 Å². The monoisotopic (exact) mass is 522 g/mol. The summed E-state index contributed by atoms with van der Waals surface area (Å²) in [6.07, 6.45) is 4.44. The molecule has 2 rings (SSSR count). The molecule has 36 heavy (non-hydrogen) atoms. The molecule has 1 heterocycles. The number of benzene rings is 1. The summed E-state index contributed by atoms with van der Waals surface area (Å²) in [5.74, 6) is -2.06. The van der Waals surface area contributed by atoms with Gasteiger partial charge in [-0.25, -0.2) is 4.79 Å². The zero-order chi connectivity index (χ0) is 26.7. The third-order valence-electron chi connectivity index (χ3n) is 6.40. The van der Waals surface area contributed by atoms with Crippen LogP contribution in [0.3, 0.4) is 0 Å². The maximum absolute atomic E-state index is 13.2. The molecule has 200 valence electrons. The van der Waals surface area contributed by atoms with E-state index in [0.29, 0.717) is 30.6 Å². The molecule has 11 heteroatoms. The van der Waals surface area contributed by atoms with Crippen molar-refractivity contribution in [3.05, 3.63) is 29.8 Å². The third-order valence-corrected chi connectivity index (χ3v) is 7.05. The first kappa shape index (κ1) is 29.4. The van der Waals surface area contributed by atoms with Crippen molar-refractivity contribution < 1.29 is 29.4 Å². The summed E-state index contributed by atoms with van der Waals surface area (Å²) in [5.41, 5.74) is 0.630. The van der Waals surface area contributed by atoms with Gasteiger partial charge in [0.2, 0.25) is 17.7 Å². The van der Waals surface area contributed by atoms with Crippen LogP contribution in [0.4, 0.5) is 0 Å². The predicted octanol–water partition coefficient (Wildman–Crippen LogP) is 1.02. The highest BCUT2D eigenvalue weighted by Gasteiger charge is 2.33. The minimum atomic E-state index is -1.21. The van der Waals surface area contributed by atoms with E-state index in [9.17, 15) is 29.4 Å². The molecule has 0 spiro atoms. The van der Waals surface area contributed by atoms with Crippen LogP contribution in [0.5, 0.6) is 5.75 Å². The molecule has 1 fully saturated rings. The van der Waals surface area contributed by atoms with Crippen molar-refractivity contribution in [3.63, 3.8) is 0 Å². The van der Waals surface area contributed by atoms with E-state index in [4.69, 9.17) is 0 Å². The number of hydrogen-bond donors (Lipinski definition) is 6. The maximum atomic E-state index is 13.2. The Labute approximate surface area is 216 Å². The molecule has 0 bridgehead atoms. The van der Waals surface area contributed by atoms with Gasteiger partial charge < -0.3 is 31.5 Å². The van der Waals surface area contributed by atoms with Gasteiger partial charge in [0, 0.05) is 6.42 Å². The Morgan fingerprint density at radius 1 is 1.08 bits per heavy atom. The number of carbonyl (C=O) groups is 4. The van der Waals surface area contributed by atoms with Crippen molar-refractivity contribution in [1.29, 1.82) is 0 Å². The lowest BCUT2D eigenvalue weighted by atomic mass is 9.97. The van der Waals surface area contributed by atoms with E-state index >= 15 is 0 Å². The van der Waals surface area contributed by atoms with Crippen molar-refractivity contribution in [1.82, 2.24) is 21.3 Å². The van der Waals surface area contributed by atoms with Crippen molar-refractivity contribution in [3.8, 4) is 5.75 Å². The van der Waals surface area contributed by atoms with Crippen LogP contribution < -0.4 is 21.3 Å². The summed E-state index contributed by atoms with van der Waals surface area (Å²) >= 11 is 1.50. The van der Waals surface area contributed by atoms with Crippen molar-refractivity contribution >= 4 is 35.5 Å². The average Bonchev–Trinajstić information content (AvgIpc) is 3.40. The molecule has 0 saturated carbocycles. The third kappa shape index (κ3) is 9.02. The number of aromatic hydroxyl groups is 1. The Kier molecular flexibility index (Phi) is 12.0. The second-order valence-corrected chi connectivity index (χ2v) is 10.1. The van der Waals surface area contributed by atoms with Crippen LogP contribution in [0.1, 0.15) is 45.1 Å². The number of hydrogen-bond acceptors (Lipinski definition) is 7. The van der Waals surface area contributed by atoms with Crippen LogP contribution in [-0.2, 0) is 25.6 Å². The second-order valence-electron chi connectivity index (χ2n) is 9.13. The van der Waals surface area contributed by atoms with Gasteiger partial charge in [-0.05, 0) is 61.4 Å². The molecule has 6 N–H and O–H groups in total. The quantitative estimate of drug-likeness (QED) is 0.211. The van der Waals surface area contributed by atoms with E-state index in [1.54, 1.807) is 12.1 Å². The fourth-order valence-electron chi connectivity index (χ4n) is 3.97. The number of carboxylic acid groups (broad SMARTS) is 1. The summed E-state index contributed by atoms with van der Waals surface area (Å²) in [7, 11) is 0. The SMILES string of the molecule is CCC(C)C(NC(=O)C1CCCN1)C(=O)NC(CCSC)C(=O)NC(Cc1ccc(O)cc1)C(=O)O. The molecule has 5 unspecified atom stereocenters. The standard InChI is InChI=1S/C25H38N4O6S/c1-4-15(2)21(29-22(31)18-6-5-12-26-18)24(33)27-19(11-13-36-3)23(32)28-20(25(34)35)14-16-7-9-17(30)10-8-16/h7-10,15,18-21,26,30H,4-6,11-14H2,1-3H3,(H,27,33)(H,28,32)(H,29,31)(H,34,35). The van der Waals surface area contributed by atoms with Gasteiger partial charge in [-0.3, -0.25) is 14.4 Å². The predicted molar refractivity (Wildman–Crippen MR) is 139 cm³/mol. The normalized spacial score (nSPS) is 18.5. The number of carbonyl (C=O) groups excluding carboxylic acids is 3. The Balaban J connectivity index is 2.11. The van der Waals surface area contributed by atoms with Gasteiger partial charge in [0.25, 0.3) is 0 Å². The summed E-state index contributed by atoms with van der Waals surface area (Å²) in [6.45, 7) is 4.54. The van der Waals surface area contributed by atoms with E-state index in [2.05, 4.69) is 21.3 Å². The van der Waals surface area contributed by atoms with Crippen LogP contribution in [0.15, 0.2) is 24.3 Å². The van der Waals surface area contributed by atoms with E-state index in [0.717, 1.165) is 13.0 Å². The van der Waals surface area contributed by atoms with Gasteiger partial charge in [0.05, 0.1) is 6.04 Å². The first-order valence-corrected chi connectivity index (χ1v) is 13.7. The van der Waals surface area contributed by atoms with Crippen LogP contribution in [0, 0.1) is 5.92 Å². The van der Waals surface area contributed by atoms with Crippen LogP contribution in [-0.4, -0.2) is 76.6 Å². The van der Waals surface area contributed by atoms with Gasteiger partial charge >= 0.3 is 5.97 Å². The minimum Gasteiger partial charge on any atom is -0.508 e. The first-order valence-electron chi connectivity index (χ1n) is 12.3. The van der Waals surface area contributed by atoms with Gasteiger partial charge in [0.1, 0.15) is 23.9 Å². The highest BCUT2D eigenvalue weighted by atomic mass is 32.2. The molecule has 3 amide bonds. The number of phenolic OH excluding ortho intramolecular Hbond substituents is 1. The van der Waals surface area contributed by atoms with E-state index in [1.807, 2.05) is 20.1 Å². The molecule has 1 aromatic carbocycles. The number of thioether (sulfide) groups is 1. The number of aliphatic carboxylic acids is 1. The first-order chi connectivity index (χ1) is 17.2. The number of phenols is 1. The molecule has 1 aliphatic heterocycles. The maximum Gasteiger partial charge on any atom is 0.326 e. The molecule has 0 radical (unpaired) electrons. The van der Waals surface area contributed by atoms with E-state index in [-0.39, 0.29) is 30.0 Å². The van der Waals surface area contributed by atoms with E-state index < -0.39 is 35.9 Å². The lowest BCUT2D eigenvalue weighted by Gasteiger charge is -2.28. The summed E-state index contributed by atoms with van der Waals surface area (Å²) in [4.78, 5) is 50.9. The lowest BCUT2D eigenvalue weighted by Crippen LogP contribution is -2.58. The minimum absolute atomic E-state index is 0.0183. The largest absolute Gasteiger partial charge is 0.508 e. The van der Waals surface area contributed by atoms with Gasteiger partial charge in [-0.15, -0.1) is 0 Å². The number of amides is 3. The van der Waals surface area contributed by atoms with Crippen LogP contribution in [0.2, 0.25) is 0 Å². The summed E-state index contributed by atoms with van der Waals surface area (Å²) in [6, 6.07) is 2.74. The molecular formula is C25H38N4O6S. The fourth-order valence-corrected chi connectivity index (χ4v) is 4.44. The molecule has 1 saturated heterocycles. The molecule has 0 aliphatic carbocycles. The van der Waals surface area contributed by atoms with Crippen molar-refractivity contribution in [2.75, 3.05) is 18.6 Å². The molecule has 0 aromatic heterocycles. The highest BCUT2D eigenvalue weighted by molar-refractivity contribution is 7.98. The molecule has 1 aliphatic rings.